The molecule has 0 bridgehead atoms. The zero-order valence-electron chi connectivity index (χ0n) is 50.3. The molecule has 3 aromatic carbocycles. The van der Waals surface area contributed by atoms with E-state index in [9.17, 15) is 63.3 Å². The number of benzene rings is 3. The molecule has 8 amide bonds. The molecule has 0 heterocycles. The fraction of sp³-hybridized carbons (Fsp3) is 0.466. The third-order valence-electron chi connectivity index (χ3n) is 13.8. The van der Waals surface area contributed by atoms with Gasteiger partial charge in [0.05, 0.1) is 12.5 Å². The van der Waals surface area contributed by atoms with Crippen LogP contribution in [0.25, 0.3) is 0 Å². The van der Waals surface area contributed by atoms with Crippen molar-refractivity contribution < 1.29 is 63.3 Å². The first-order valence-electron chi connectivity index (χ1n) is 29.3. The molecule has 0 aliphatic heterocycles. The first kappa shape index (κ1) is 75.5. The molecule has 0 saturated heterocycles. The number of aromatic hydroxyl groups is 1. The van der Waals surface area contributed by atoms with Crippen molar-refractivity contribution >= 4 is 89.7 Å². The van der Waals surface area contributed by atoms with E-state index < -0.39 is 120 Å². The first-order chi connectivity index (χ1) is 43.3. The lowest BCUT2D eigenvalue weighted by molar-refractivity contribution is -0.142. The number of thiol groups is 1. The molecule has 0 fully saturated rings. The molecule has 0 aliphatic rings. The van der Waals surface area contributed by atoms with Gasteiger partial charge in [-0.05, 0) is 93.2 Å². The fourth-order valence-electron chi connectivity index (χ4n) is 9.00. The molecule has 0 aliphatic carbocycles. The van der Waals surface area contributed by atoms with Gasteiger partial charge in [0, 0.05) is 44.6 Å². The fourth-order valence-corrected chi connectivity index (χ4v) is 9.26. The number of amides is 8. The molecule has 3 rings (SSSR count). The van der Waals surface area contributed by atoms with Crippen LogP contribution in [-0.2, 0) is 67.2 Å². The van der Waals surface area contributed by atoms with E-state index in [0.29, 0.717) is 23.1 Å². The Morgan fingerprint density at radius 1 is 0.418 bits per heavy atom. The molecule has 91 heavy (non-hydrogen) atoms. The van der Waals surface area contributed by atoms with Crippen LogP contribution in [0.5, 0.6) is 5.75 Å². The summed E-state index contributed by atoms with van der Waals surface area (Å²) in [7, 11) is 0. The third kappa shape index (κ3) is 29.9. The van der Waals surface area contributed by atoms with Gasteiger partial charge in [-0.3, -0.25) is 59.4 Å². The molecule has 0 aromatic heterocycles. The number of rotatable bonds is 42. The second-order valence-corrected chi connectivity index (χ2v) is 21.6. The van der Waals surface area contributed by atoms with Crippen LogP contribution in [0.1, 0.15) is 80.9 Å². The van der Waals surface area contributed by atoms with Crippen LogP contribution >= 0.6 is 12.6 Å². The van der Waals surface area contributed by atoms with Crippen molar-refractivity contribution in [3.8, 4) is 5.75 Å². The molecular weight excluding hydrogens is 1200 g/mol. The molecule has 33 heteroatoms. The summed E-state index contributed by atoms with van der Waals surface area (Å²) in [5.41, 5.74) is 29.4. The molecule has 498 valence electrons. The number of hydrogen-bond donors (Lipinski definition) is 23. The number of nitrogens with one attached hydrogen (secondary N) is 14. The summed E-state index contributed by atoms with van der Waals surface area (Å²) >= 11 is 4.36. The van der Waals surface area contributed by atoms with Crippen molar-refractivity contribution in [1.82, 2.24) is 58.5 Å². The van der Waals surface area contributed by atoms with E-state index in [0.717, 1.165) is 0 Å². The first-order valence-corrected chi connectivity index (χ1v) is 30.0. The normalized spacial score (nSPS) is 13.8. The third-order valence-corrected chi connectivity index (χ3v) is 14.2. The van der Waals surface area contributed by atoms with E-state index in [1.165, 1.54) is 24.3 Å². The summed E-state index contributed by atoms with van der Waals surface area (Å²) in [6, 6.07) is 9.36. The summed E-state index contributed by atoms with van der Waals surface area (Å²) in [6.45, 7) is 0.456. The second-order valence-electron chi connectivity index (χ2n) is 21.2. The second kappa shape index (κ2) is 40.7. The average molecular weight is 1290 g/mol. The highest BCUT2D eigenvalue weighted by Gasteiger charge is 2.35. The minimum Gasteiger partial charge on any atom is -0.508 e. The number of phenolic OH excluding ortho intramolecular Hbond substituents is 1. The molecule has 0 radical (unpaired) electrons. The predicted octanol–water partition coefficient (Wildman–Crippen LogP) is -3.97. The molecule has 0 unspecified atom stereocenters. The Hall–Kier alpha value is -9.76. The molecule has 3 aromatic rings. The summed E-state index contributed by atoms with van der Waals surface area (Å²) in [6.07, 6.45) is -0.626. The van der Waals surface area contributed by atoms with Gasteiger partial charge in [0.25, 0.3) is 0 Å². The van der Waals surface area contributed by atoms with E-state index in [-0.39, 0.29) is 126 Å². The number of carboxylic acids is 2. The van der Waals surface area contributed by atoms with Gasteiger partial charge in [0.1, 0.15) is 54.1 Å². The number of carboxylic acid groups (broad SMARTS) is 2. The SMILES string of the molecule is N=C(N)NCCC[C@H](NC(=O)[C@H](Cc1ccc(O)cc1)NC(=O)[C@@H](CCCCN)NC(=O)[C@@H](CCCNC(=N)N)NC(=O)[C@H](Cc1ccccc1)NC(=O)[C@H](CS)NC(=O)[C@@H](Cc1ccccc1)NC(=O)[C@H](CCCNC(=N)N)NC(=O)[C@@H](N)CC(=O)O)C(=O)O. The largest absolute Gasteiger partial charge is 0.508 e. The Labute approximate surface area is 531 Å². The van der Waals surface area contributed by atoms with E-state index in [1.807, 2.05) is 0 Å². The van der Waals surface area contributed by atoms with Gasteiger partial charge in [-0.15, -0.1) is 0 Å². The molecule has 32 nitrogen and oxygen atoms in total. The number of aliphatic carboxylic acids is 2. The number of hydrogen-bond acceptors (Lipinski definition) is 17. The van der Waals surface area contributed by atoms with Crippen LogP contribution in [0.3, 0.4) is 0 Å². The Balaban J connectivity index is 1.99. The van der Waals surface area contributed by atoms with Crippen LogP contribution in [-0.4, -0.2) is 179 Å². The maximum atomic E-state index is 14.7. The number of unbranched alkanes of at least 4 members (excludes halogenated alkanes) is 1. The van der Waals surface area contributed by atoms with Gasteiger partial charge < -0.3 is 102 Å². The van der Waals surface area contributed by atoms with Crippen LogP contribution in [0.15, 0.2) is 84.9 Å². The van der Waals surface area contributed by atoms with Crippen molar-refractivity contribution in [2.45, 2.75) is 138 Å². The topological polar surface area (TPSA) is 565 Å². The molecule has 0 saturated carbocycles. The minimum atomic E-state index is -1.55. The highest BCUT2D eigenvalue weighted by atomic mass is 32.1. The average Bonchev–Trinajstić information content (AvgIpc) is 1.66. The Morgan fingerprint density at radius 2 is 0.725 bits per heavy atom. The quantitative estimate of drug-likeness (QED) is 0.0111. The van der Waals surface area contributed by atoms with E-state index >= 15 is 0 Å². The zero-order chi connectivity index (χ0) is 67.4. The standard InChI is InChI=1S/C58H87N19O13S/c59-24-8-7-16-38(49(83)75-44(30-35-20-22-36(78)23-21-35)52(86)73-41(55(89)90)19-11-27-69-58(65)66)71-48(82)40(18-10-26-68-57(63)64)72-51(85)42(28-33-12-3-1-4-13-33)76-54(88)45(32-91)77-53(87)43(29-34-14-5-2-6-15-34)74-50(84)39(17-9-25-67-56(61)62)70-47(81)37(60)31-46(79)80/h1-6,12-15,20-23,37-45,78,91H,7-11,16-19,24-32,59-60H2,(H,70,81)(H,71,82)(H,72,85)(H,73,86)(H,74,84)(H,75,83)(H,76,88)(H,77,87)(H,79,80)(H,89,90)(H4,61,62,67)(H4,63,64,68)(H4,65,66,69)/t37-,38+,39-,40+,41-,42-,43+,44-,45-/m0/s1. The Bertz CT molecular complexity index is 2920. The monoisotopic (exact) mass is 1290 g/mol. The van der Waals surface area contributed by atoms with Gasteiger partial charge in [-0.2, -0.15) is 12.6 Å². The summed E-state index contributed by atoms with van der Waals surface area (Å²) in [4.78, 5) is 137. The maximum Gasteiger partial charge on any atom is 0.326 e. The van der Waals surface area contributed by atoms with Crippen molar-refractivity contribution in [1.29, 1.82) is 16.2 Å². The van der Waals surface area contributed by atoms with Crippen LogP contribution in [0.4, 0.5) is 0 Å². The van der Waals surface area contributed by atoms with Gasteiger partial charge in [-0.25, -0.2) is 4.79 Å². The minimum absolute atomic E-state index is 0.0438. The number of carbonyl (C=O) groups excluding carboxylic acids is 8. The van der Waals surface area contributed by atoms with E-state index in [4.69, 9.17) is 44.9 Å². The molecule has 0 spiro atoms. The number of nitrogens with two attached hydrogens (primary N) is 5. The number of guanidine groups is 3. The summed E-state index contributed by atoms with van der Waals surface area (Å²) in [5, 5.41) is 80.3. The van der Waals surface area contributed by atoms with Crippen LogP contribution in [0, 0.1) is 16.2 Å². The van der Waals surface area contributed by atoms with Gasteiger partial charge in [-0.1, -0.05) is 72.8 Å². The molecule has 27 N–H and O–H groups in total. The van der Waals surface area contributed by atoms with Crippen molar-refractivity contribution in [3.05, 3.63) is 102 Å². The lowest BCUT2D eigenvalue weighted by Crippen LogP contribution is -2.61. The predicted molar refractivity (Wildman–Crippen MR) is 340 cm³/mol. The van der Waals surface area contributed by atoms with Gasteiger partial charge in [0.2, 0.25) is 47.3 Å². The van der Waals surface area contributed by atoms with Gasteiger partial charge in [0.15, 0.2) is 17.9 Å². The van der Waals surface area contributed by atoms with Crippen LogP contribution < -0.4 is 87.2 Å². The summed E-state index contributed by atoms with van der Waals surface area (Å²) < 4.78 is 0. The van der Waals surface area contributed by atoms with E-state index in [2.05, 4.69) is 71.1 Å². The summed E-state index contributed by atoms with van der Waals surface area (Å²) in [5.74, 6) is -11.6. The van der Waals surface area contributed by atoms with E-state index in [1.54, 1.807) is 60.7 Å². The molecular formula is C58H87N19O13S. The Kier molecular flexibility index (Phi) is 33.8. The van der Waals surface area contributed by atoms with Crippen molar-refractivity contribution in [3.63, 3.8) is 0 Å². The lowest BCUT2D eigenvalue weighted by Gasteiger charge is -2.28. The van der Waals surface area contributed by atoms with Crippen molar-refractivity contribution in [2.24, 2.45) is 28.7 Å². The van der Waals surface area contributed by atoms with Crippen molar-refractivity contribution in [2.75, 3.05) is 31.9 Å². The highest BCUT2D eigenvalue weighted by Crippen LogP contribution is 2.15. The van der Waals surface area contributed by atoms with Gasteiger partial charge >= 0.3 is 11.9 Å². The van der Waals surface area contributed by atoms with Crippen LogP contribution in [0.2, 0.25) is 0 Å². The highest BCUT2D eigenvalue weighted by molar-refractivity contribution is 7.80. The smallest absolute Gasteiger partial charge is 0.326 e. The zero-order valence-corrected chi connectivity index (χ0v) is 51.2. The molecule has 9 atom stereocenters. The number of phenols is 1. The maximum absolute atomic E-state index is 14.7. The number of carbonyl (C=O) groups is 10. The lowest BCUT2D eigenvalue weighted by atomic mass is 10.0. The Morgan fingerprint density at radius 3 is 1.08 bits per heavy atom.